The summed E-state index contributed by atoms with van der Waals surface area (Å²) in [5.74, 6) is -0.769. The molecule has 0 bridgehead atoms. The van der Waals surface area contributed by atoms with Crippen LogP contribution in [0.1, 0.15) is 52.0 Å². The van der Waals surface area contributed by atoms with E-state index in [1.54, 1.807) is 0 Å². The molecule has 3 aromatic carbocycles. The SMILES string of the molecule is CCCCOC(=O)CCC(=O)OCCc1ccc(N=Nc2ccc(N=Nc3ccc(N(CC)CC)cc3)cc2)cc1. The molecule has 0 N–H and O–H groups in total. The van der Waals surface area contributed by atoms with E-state index in [9.17, 15) is 9.59 Å². The van der Waals surface area contributed by atoms with Crippen LogP contribution in [0.5, 0.6) is 0 Å². The Balaban J connectivity index is 1.40. The Morgan fingerprint density at radius 1 is 0.610 bits per heavy atom. The largest absolute Gasteiger partial charge is 0.466 e. The van der Waals surface area contributed by atoms with Crippen LogP contribution in [0.3, 0.4) is 0 Å². The first-order chi connectivity index (χ1) is 20.0. The van der Waals surface area contributed by atoms with Crippen molar-refractivity contribution in [2.75, 3.05) is 31.2 Å². The summed E-state index contributed by atoms with van der Waals surface area (Å²) in [5, 5.41) is 17.2. The molecule has 0 heterocycles. The molecule has 0 radical (unpaired) electrons. The Kier molecular flexibility index (Phi) is 13.2. The number of esters is 2. The Labute approximate surface area is 242 Å². The van der Waals surface area contributed by atoms with E-state index >= 15 is 0 Å². The van der Waals surface area contributed by atoms with Gasteiger partial charge in [-0.2, -0.15) is 20.5 Å². The van der Waals surface area contributed by atoms with Gasteiger partial charge in [0.25, 0.3) is 0 Å². The molecule has 0 atom stereocenters. The Bertz CT molecular complexity index is 1270. The molecule has 0 unspecified atom stereocenters. The lowest BCUT2D eigenvalue weighted by Crippen LogP contribution is -2.21. The molecular formula is C32H39N5O4. The molecule has 41 heavy (non-hydrogen) atoms. The number of hydrogen-bond donors (Lipinski definition) is 0. The summed E-state index contributed by atoms with van der Waals surface area (Å²) in [6.07, 6.45) is 2.42. The predicted octanol–water partition coefficient (Wildman–Crippen LogP) is 8.57. The minimum Gasteiger partial charge on any atom is -0.466 e. The summed E-state index contributed by atoms with van der Waals surface area (Å²) in [6.45, 7) is 8.87. The average Bonchev–Trinajstić information content (AvgIpc) is 3.00. The normalized spacial score (nSPS) is 11.2. The maximum Gasteiger partial charge on any atom is 0.306 e. The summed E-state index contributed by atoms with van der Waals surface area (Å²) in [6, 6.07) is 23.0. The molecule has 0 saturated carbocycles. The van der Waals surface area contributed by atoms with E-state index in [-0.39, 0.29) is 25.4 Å². The number of unbranched alkanes of at least 4 members (excludes halogenated alkanes) is 1. The average molecular weight is 558 g/mol. The zero-order chi connectivity index (χ0) is 29.3. The molecule has 0 fully saturated rings. The first kappa shape index (κ1) is 31.1. The second-order valence-electron chi connectivity index (χ2n) is 9.32. The molecule has 0 aliphatic rings. The summed E-state index contributed by atoms with van der Waals surface area (Å²) < 4.78 is 10.3. The molecule has 216 valence electrons. The molecule has 0 spiro atoms. The van der Waals surface area contributed by atoms with E-state index in [2.05, 4.69) is 51.3 Å². The van der Waals surface area contributed by atoms with E-state index in [1.165, 1.54) is 5.69 Å². The first-order valence-electron chi connectivity index (χ1n) is 14.2. The van der Waals surface area contributed by atoms with Crippen molar-refractivity contribution in [3.63, 3.8) is 0 Å². The van der Waals surface area contributed by atoms with Crippen LogP contribution in [0.25, 0.3) is 0 Å². The standard InChI is InChI=1S/C32H39N5O4/c1-4-7-23-40-31(38)20-21-32(39)41-24-22-25-8-10-26(11-9-25)33-34-27-12-14-28(15-13-27)35-36-29-16-18-30(19-17-29)37(5-2)6-3/h8-19H,4-7,20-24H2,1-3H3. The predicted molar refractivity (Wildman–Crippen MR) is 161 cm³/mol. The minimum atomic E-state index is -0.403. The second-order valence-corrected chi connectivity index (χ2v) is 9.32. The third-order valence-electron chi connectivity index (χ3n) is 6.27. The summed E-state index contributed by atoms with van der Waals surface area (Å²) in [5.41, 5.74) is 5.13. The number of carbonyl (C=O) groups is 2. The molecule has 0 aliphatic carbocycles. The fourth-order valence-corrected chi connectivity index (χ4v) is 3.83. The molecule has 0 saturated heterocycles. The van der Waals surface area contributed by atoms with Gasteiger partial charge in [-0.05, 0) is 86.5 Å². The van der Waals surface area contributed by atoms with Gasteiger partial charge in [-0.3, -0.25) is 9.59 Å². The lowest BCUT2D eigenvalue weighted by molar-refractivity contribution is -0.150. The highest BCUT2D eigenvalue weighted by Gasteiger charge is 2.09. The molecule has 0 amide bonds. The van der Waals surface area contributed by atoms with E-state index in [1.807, 2.05) is 67.6 Å². The van der Waals surface area contributed by atoms with Gasteiger partial charge >= 0.3 is 11.9 Å². The summed E-state index contributed by atoms with van der Waals surface area (Å²) >= 11 is 0. The van der Waals surface area contributed by atoms with E-state index in [0.717, 1.165) is 42.9 Å². The lowest BCUT2D eigenvalue weighted by atomic mass is 10.1. The highest BCUT2D eigenvalue weighted by molar-refractivity contribution is 5.77. The number of rotatable bonds is 16. The monoisotopic (exact) mass is 557 g/mol. The van der Waals surface area contributed by atoms with Crippen molar-refractivity contribution in [1.82, 2.24) is 0 Å². The van der Waals surface area contributed by atoms with Crippen molar-refractivity contribution in [3.8, 4) is 0 Å². The highest BCUT2D eigenvalue weighted by atomic mass is 16.5. The number of hydrogen-bond acceptors (Lipinski definition) is 9. The van der Waals surface area contributed by atoms with Gasteiger partial charge in [-0.1, -0.05) is 25.5 Å². The molecule has 3 aromatic rings. The van der Waals surface area contributed by atoms with E-state index in [4.69, 9.17) is 9.47 Å². The van der Waals surface area contributed by atoms with Crippen LogP contribution in [-0.4, -0.2) is 38.2 Å². The Morgan fingerprint density at radius 3 is 1.46 bits per heavy atom. The van der Waals surface area contributed by atoms with Gasteiger partial charge in [0.2, 0.25) is 0 Å². The number of carbonyl (C=O) groups excluding carboxylic acids is 2. The van der Waals surface area contributed by atoms with Crippen LogP contribution in [-0.2, 0) is 25.5 Å². The Morgan fingerprint density at radius 2 is 1.02 bits per heavy atom. The minimum absolute atomic E-state index is 0.0269. The molecular weight excluding hydrogens is 518 g/mol. The van der Waals surface area contributed by atoms with Crippen molar-refractivity contribution in [1.29, 1.82) is 0 Å². The maximum absolute atomic E-state index is 11.8. The number of anilines is 1. The van der Waals surface area contributed by atoms with Crippen molar-refractivity contribution in [2.24, 2.45) is 20.5 Å². The first-order valence-corrected chi connectivity index (χ1v) is 14.2. The summed E-state index contributed by atoms with van der Waals surface area (Å²) in [7, 11) is 0. The van der Waals surface area contributed by atoms with Crippen LogP contribution in [0.15, 0.2) is 93.3 Å². The van der Waals surface area contributed by atoms with Crippen LogP contribution in [0.2, 0.25) is 0 Å². The smallest absolute Gasteiger partial charge is 0.306 e. The fourth-order valence-electron chi connectivity index (χ4n) is 3.83. The zero-order valence-corrected chi connectivity index (χ0v) is 24.2. The van der Waals surface area contributed by atoms with Gasteiger partial charge in [0.1, 0.15) is 0 Å². The van der Waals surface area contributed by atoms with Crippen molar-refractivity contribution in [2.45, 2.75) is 52.9 Å². The van der Waals surface area contributed by atoms with Crippen molar-refractivity contribution < 1.29 is 19.1 Å². The van der Waals surface area contributed by atoms with Gasteiger partial charge in [0, 0.05) is 25.2 Å². The number of benzene rings is 3. The van der Waals surface area contributed by atoms with Crippen LogP contribution < -0.4 is 4.90 Å². The maximum atomic E-state index is 11.8. The molecule has 3 rings (SSSR count). The molecule has 9 nitrogen and oxygen atoms in total. The van der Waals surface area contributed by atoms with Crippen molar-refractivity contribution in [3.05, 3.63) is 78.4 Å². The van der Waals surface area contributed by atoms with Crippen molar-refractivity contribution >= 4 is 40.4 Å². The third kappa shape index (κ3) is 11.3. The Hall–Kier alpha value is -4.40. The third-order valence-corrected chi connectivity index (χ3v) is 6.27. The van der Waals surface area contributed by atoms with Gasteiger partial charge in [-0.25, -0.2) is 0 Å². The zero-order valence-electron chi connectivity index (χ0n) is 24.2. The lowest BCUT2D eigenvalue weighted by Gasteiger charge is -2.20. The molecule has 0 aliphatic heterocycles. The topological polar surface area (TPSA) is 105 Å². The molecule has 9 heteroatoms. The number of azo groups is 2. The second kappa shape index (κ2) is 17.3. The van der Waals surface area contributed by atoms with Crippen LogP contribution >= 0.6 is 0 Å². The van der Waals surface area contributed by atoms with Gasteiger partial charge in [-0.15, -0.1) is 0 Å². The van der Waals surface area contributed by atoms with E-state index < -0.39 is 5.97 Å². The van der Waals surface area contributed by atoms with Gasteiger partial charge in [0.05, 0.1) is 48.8 Å². The fraction of sp³-hybridized carbons (Fsp3) is 0.375. The van der Waals surface area contributed by atoms with Crippen LogP contribution in [0, 0.1) is 0 Å². The van der Waals surface area contributed by atoms with Crippen LogP contribution in [0.4, 0.5) is 28.4 Å². The van der Waals surface area contributed by atoms with E-state index in [0.29, 0.717) is 24.4 Å². The number of ether oxygens (including phenoxy) is 2. The summed E-state index contributed by atoms with van der Waals surface area (Å²) in [4.78, 5) is 25.7. The molecule has 0 aromatic heterocycles. The van der Waals surface area contributed by atoms with Gasteiger partial charge in [0.15, 0.2) is 0 Å². The van der Waals surface area contributed by atoms with Gasteiger partial charge < -0.3 is 14.4 Å². The highest BCUT2D eigenvalue weighted by Crippen LogP contribution is 2.25. The number of nitrogens with zero attached hydrogens (tertiary/aromatic N) is 5. The quantitative estimate of drug-likeness (QED) is 0.0996.